The smallest absolute Gasteiger partial charge is 0.306 e. The van der Waals surface area contributed by atoms with Gasteiger partial charge in [-0.25, -0.2) is 0 Å². The highest BCUT2D eigenvalue weighted by atomic mass is 16.8. The number of carbonyl (C=O) groups is 2. The molecule has 0 aromatic heterocycles. The van der Waals surface area contributed by atoms with E-state index < -0.39 is 98.1 Å². The van der Waals surface area contributed by atoms with Crippen molar-refractivity contribution in [1.29, 1.82) is 0 Å². The summed E-state index contributed by atoms with van der Waals surface area (Å²) in [5.74, 6) is -0.939. The van der Waals surface area contributed by atoms with E-state index in [1.807, 2.05) is 243 Å². The monoisotopic (exact) mass is 1430 g/mol. The summed E-state index contributed by atoms with van der Waals surface area (Å²) in [5, 5.41) is 2.61. The zero-order valence-electron chi connectivity index (χ0n) is 60.6. The number of ether oxygens (including phenoxy) is 15. The zero-order chi connectivity index (χ0) is 72.5. The molecule has 3 aliphatic heterocycles. The third-order valence-electron chi connectivity index (χ3n) is 18.9. The maximum atomic E-state index is 14.1. The molecule has 8 aromatic carbocycles. The van der Waals surface area contributed by atoms with Gasteiger partial charge in [-0.1, -0.05) is 282 Å². The van der Waals surface area contributed by atoms with Gasteiger partial charge >= 0.3 is 5.97 Å². The molecule has 105 heavy (non-hydrogen) atoms. The molecular weight excluding hydrogens is 1330 g/mol. The van der Waals surface area contributed by atoms with Crippen molar-refractivity contribution in [1.82, 2.24) is 5.32 Å². The lowest BCUT2D eigenvalue weighted by atomic mass is 9.95. The molecule has 3 aliphatic rings. The van der Waals surface area contributed by atoms with Gasteiger partial charge in [-0.15, -0.1) is 0 Å². The molecule has 1 N–H and O–H groups in total. The normalized spacial score (nSPS) is 24.6. The van der Waals surface area contributed by atoms with E-state index in [9.17, 15) is 9.59 Å². The van der Waals surface area contributed by atoms with Crippen molar-refractivity contribution in [3.8, 4) is 0 Å². The maximum absolute atomic E-state index is 14.1. The molecule has 558 valence electrons. The number of hydrogen-bond acceptors (Lipinski definition) is 17. The SMILES string of the molecule is CCCCCCCCO[C@@H]1OC(COCc2ccccc2)[C@@H](O[C@@H]2OC(COCc3ccccc3)[C@H](OCc3ccccc3)[C@@H](OCc3ccccc3)C2O[C@@H]2OC(C)[C@@H](OC(=O)CCC(=O)NC)[C@H](OCc3ccccc3)C2OCc2ccccc2)[C@@H](OCc2ccccc2)C1OCc1ccccc1. The molecule has 3 fully saturated rings. The molecule has 0 bridgehead atoms. The van der Waals surface area contributed by atoms with Gasteiger partial charge in [0.2, 0.25) is 5.91 Å². The van der Waals surface area contributed by atoms with Crippen LogP contribution in [0.15, 0.2) is 243 Å². The molecule has 0 spiro atoms. The van der Waals surface area contributed by atoms with Crippen molar-refractivity contribution >= 4 is 11.9 Å². The zero-order valence-corrected chi connectivity index (χ0v) is 60.6. The van der Waals surface area contributed by atoms with Crippen LogP contribution in [-0.4, -0.2) is 131 Å². The average Bonchev–Trinajstić information content (AvgIpc) is 0.766. The Labute approximate surface area is 619 Å². The second-order valence-electron chi connectivity index (χ2n) is 26.8. The summed E-state index contributed by atoms with van der Waals surface area (Å²) in [4.78, 5) is 26.7. The number of nitrogens with one attached hydrogen (secondary N) is 1. The Morgan fingerprint density at radius 3 is 1.08 bits per heavy atom. The van der Waals surface area contributed by atoms with Crippen LogP contribution in [0.2, 0.25) is 0 Å². The molecular formula is C87H103NO17. The second-order valence-corrected chi connectivity index (χ2v) is 26.8. The van der Waals surface area contributed by atoms with Crippen LogP contribution in [0.5, 0.6) is 0 Å². The lowest BCUT2D eigenvalue weighted by molar-refractivity contribution is -0.400. The molecule has 15 atom stereocenters. The van der Waals surface area contributed by atoms with E-state index >= 15 is 0 Å². The number of rotatable bonds is 42. The summed E-state index contributed by atoms with van der Waals surface area (Å²) in [6.45, 7) is 5.63. The van der Waals surface area contributed by atoms with Crippen molar-refractivity contribution in [3.63, 3.8) is 0 Å². The van der Waals surface area contributed by atoms with E-state index in [-0.39, 0.29) is 84.8 Å². The number of amides is 1. The first-order valence-electron chi connectivity index (χ1n) is 37.2. The van der Waals surface area contributed by atoms with Crippen molar-refractivity contribution in [2.45, 2.75) is 210 Å². The lowest BCUT2D eigenvalue weighted by Gasteiger charge is -2.52. The quantitative estimate of drug-likeness (QED) is 0.0281. The maximum Gasteiger partial charge on any atom is 0.306 e. The number of unbranched alkanes of at least 4 members (excludes halogenated alkanes) is 5. The summed E-state index contributed by atoms with van der Waals surface area (Å²) in [6.07, 6.45) is -10.0. The van der Waals surface area contributed by atoms with Crippen LogP contribution in [0.25, 0.3) is 0 Å². The fraction of sp³-hybridized carbons (Fsp3) is 0.425. The van der Waals surface area contributed by atoms with E-state index in [0.717, 1.165) is 76.6 Å². The third kappa shape index (κ3) is 24.6. The molecule has 11 rings (SSSR count). The largest absolute Gasteiger partial charge is 0.457 e. The first kappa shape index (κ1) is 78.2. The van der Waals surface area contributed by atoms with Crippen LogP contribution >= 0.6 is 0 Å². The Bertz CT molecular complexity index is 3670. The van der Waals surface area contributed by atoms with Gasteiger partial charge in [0.15, 0.2) is 25.0 Å². The molecule has 3 saturated heterocycles. The van der Waals surface area contributed by atoms with Gasteiger partial charge in [-0.05, 0) is 57.9 Å². The first-order valence-corrected chi connectivity index (χ1v) is 37.2. The van der Waals surface area contributed by atoms with Crippen LogP contribution in [-0.2, 0) is 133 Å². The van der Waals surface area contributed by atoms with E-state index in [0.29, 0.717) is 6.61 Å². The summed E-state index contributed by atoms with van der Waals surface area (Å²) in [7, 11) is 1.52. The predicted octanol–water partition coefficient (Wildman–Crippen LogP) is 14.7. The van der Waals surface area contributed by atoms with Gasteiger partial charge < -0.3 is 76.4 Å². The number of hydrogen-bond donors (Lipinski definition) is 1. The second kappa shape index (κ2) is 43.1. The van der Waals surface area contributed by atoms with E-state index in [1.54, 1.807) is 6.92 Å². The number of carbonyl (C=O) groups excluding carboxylic acids is 2. The van der Waals surface area contributed by atoms with Gasteiger partial charge in [0, 0.05) is 20.1 Å². The Kier molecular flexibility index (Phi) is 32.1. The van der Waals surface area contributed by atoms with Crippen LogP contribution in [0, 0.1) is 0 Å². The Morgan fingerprint density at radius 2 is 0.657 bits per heavy atom. The summed E-state index contributed by atoms with van der Waals surface area (Å²) < 4.78 is 108. The van der Waals surface area contributed by atoms with Crippen molar-refractivity contribution in [3.05, 3.63) is 287 Å². The van der Waals surface area contributed by atoms with Crippen LogP contribution in [0.1, 0.15) is 110 Å². The fourth-order valence-corrected chi connectivity index (χ4v) is 13.2. The standard InChI is InChI=1S/C87H103NO17/c1-4-5-6-7-8-33-52-93-85-82(98-59-70-46-29-15-30-47-70)81(97-58-69-44-27-14-28-45-69)78(73(101-85)62-92-54-65-36-19-10-20-37-65)104-87-84(80(96-57-68-42-25-13-26-43-68)77(94-55-66-38-21-11-22-39-66)72(102-87)61-91-53-64-34-17-9-18-35-64)105-86-83(99-60-71-48-31-16-32-49-71)79(95-56-67-40-23-12-24-41-67)76(63(2)100-86)103-75(90)51-50-74(89)88-3/h9-32,34-49,63,72-73,76-87H,4-8,33,50-62H2,1-3H3,(H,88,89)/t63?,72?,73?,76-,77+,78-,79+,80-,81-,82?,83?,84?,85-,86+,87+/m1/s1. The summed E-state index contributed by atoms with van der Waals surface area (Å²) in [6, 6.07) is 79.2. The molecule has 18 heteroatoms. The minimum Gasteiger partial charge on any atom is -0.457 e. The van der Waals surface area contributed by atoms with Crippen molar-refractivity contribution < 1.29 is 80.6 Å². The highest BCUT2D eigenvalue weighted by Crippen LogP contribution is 2.40. The van der Waals surface area contributed by atoms with Gasteiger partial charge in [-0.3, -0.25) is 9.59 Å². The van der Waals surface area contributed by atoms with E-state index in [1.165, 1.54) is 13.5 Å². The first-order chi connectivity index (χ1) is 51.7. The fourth-order valence-electron chi connectivity index (χ4n) is 13.2. The Balaban J connectivity index is 1.06. The predicted molar refractivity (Wildman–Crippen MR) is 396 cm³/mol. The average molecular weight is 1430 g/mol. The minimum atomic E-state index is -1.42. The number of esters is 1. The van der Waals surface area contributed by atoms with Crippen LogP contribution in [0.3, 0.4) is 0 Å². The molecule has 0 saturated carbocycles. The van der Waals surface area contributed by atoms with Gasteiger partial charge in [0.05, 0.1) is 78.6 Å². The van der Waals surface area contributed by atoms with Gasteiger partial charge in [0.1, 0.15) is 61.0 Å². The molecule has 0 radical (unpaired) electrons. The minimum absolute atomic E-state index is 0.00412. The topological polar surface area (TPSA) is 185 Å². The third-order valence-corrected chi connectivity index (χ3v) is 18.9. The summed E-state index contributed by atoms with van der Waals surface area (Å²) >= 11 is 0. The molecule has 1 amide bonds. The van der Waals surface area contributed by atoms with Crippen LogP contribution < -0.4 is 5.32 Å². The molecule has 18 nitrogen and oxygen atoms in total. The van der Waals surface area contributed by atoms with Crippen LogP contribution in [0.4, 0.5) is 0 Å². The van der Waals surface area contributed by atoms with Crippen molar-refractivity contribution in [2.75, 3.05) is 26.9 Å². The molecule has 6 unspecified atom stereocenters. The lowest BCUT2D eigenvalue weighted by Crippen LogP contribution is -2.68. The highest BCUT2D eigenvalue weighted by Gasteiger charge is 2.57. The van der Waals surface area contributed by atoms with E-state index in [2.05, 4.69) is 12.2 Å². The van der Waals surface area contributed by atoms with Gasteiger partial charge in [-0.2, -0.15) is 0 Å². The molecule has 3 heterocycles. The molecule has 0 aliphatic carbocycles. The van der Waals surface area contributed by atoms with E-state index in [4.69, 9.17) is 71.1 Å². The Hall–Kier alpha value is -7.86. The summed E-state index contributed by atoms with van der Waals surface area (Å²) in [5.41, 5.74) is 7.22. The number of benzene rings is 8. The Morgan fingerprint density at radius 1 is 0.333 bits per heavy atom. The van der Waals surface area contributed by atoms with Crippen molar-refractivity contribution in [2.24, 2.45) is 0 Å². The molecule has 8 aromatic rings. The highest BCUT2D eigenvalue weighted by molar-refractivity contribution is 5.81. The van der Waals surface area contributed by atoms with Gasteiger partial charge in [0.25, 0.3) is 0 Å².